The smallest absolute Gasteiger partial charge is 0.263 e. The van der Waals surface area contributed by atoms with Crippen molar-refractivity contribution < 1.29 is 4.79 Å². The van der Waals surface area contributed by atoms with Crippen molar-refractivity contribution >= 4 is 28.5 Å². The van der Waals surface area contributed by atoms with Crippen LogP contribution in [0.15, 0.2) is 24.3 Å². The summed E-state index contributed by atoms with van der Waals surface area (Å²) in [6.45, 7) is 0. The third kappa shape index (κ3) is 1.29. The van der Waals surface area contributed by atoms with Gasteiger partial charge in [-0.15, -0.1) is 16.7 Å². The number of rotatable bonds is 1. The van der Waals surface area contributed by atoms with Crippen molar-refractivity contribution in [3.63, 3.8) is 0 Å². The molecule has 1 aromatic heterocycles. The minimum Gasteiger partial charge on any atom is -0.271 e. The summed E-state index contributed by atoms with van der Waals surface area (Å²) in [5.41, 5.74) is 1.38. The van der Waals surface area contributed by atoms with E-state index in [-0.39, 0.29) is 11.8 Å². The van der Waals surface area contributed by atoms with Crippen LogP contribution in [0.3, 0.4) is 0 Å². The summed E-state index contributed by atoms with van der Waals surface area (Å²) in [5.74, 6) is -0.358. The Bertz CT molecular complexity index is 451. The molecule has 0 aliphatic heterocycles. The number of aromatic nitrogens is 3. The average molecular weight is 196 g/mol. The Labute approximate surface area is 79.1 Å². The Morgan fingerprint density at radius 2 is 2.23 bits per heavy atom. The minimum atomic E-state index is -0.268. The van der Waals surface area contributed by atoms with Gasteiger partial charge in [-0.2, -0.15) is 4.68 Å². The highest BCUT2D eigenvalue weighted by atomic mass is 35.5. The lowest BCUT2D eigenvalue weighted by Gasteiger charge is -1.94. The summed E-state index contributed by atoms with van der Waals surface area (Å²) in [5, 5.41) is 7.52. The molecule has 0 aliphatic carbocycles. The number of alkyl halides is 1. The quantitative estimate of drug-likeness (QED) is 0.645. The fraction of sp³-hybridized carbons (Fsp3) is 0.125. The Hall–Kier alpha value is -1.42. The number of nitrogens with zero attached hydrogens (tertiary/aromatic N) is 3. The predicted octanol–water partition coefficient (Wildman–Crippen LogP) is 1.31. The number of carbonyl (C=O) groups is 1. The van der Waals surface area contributed by atoms with Crippen molar-refractivity contribution in [1.29, 1.82) is 0 Å². The molecule has 0 spiro atoms. The number of halogens is 1. The maximum absolute atomic E-state index is 11.2. The SMILES string of the molecule is O=C(CCl)n1nnc2ccccc21. The van der Waals surface area contributed by atoms with Crippen LogP contribution in [0.25, 0.3) is 11.0 Å². The molecular formula is C8H6ClN3O. The molecule has 0 aliphatic rings. The molecule has 0 unspecified atom stereocenters. The van der Waals surface area contributed by atoms with Crippen LogP contribution < -0.4 is 0 Å². The molecule has 4 nitrogen and oxygen atoms in total. The summed E-state index contributed by atoms with van der Waals surface area (Å²) < 4.78 is 1.21. The lowest BCUT2D eigenvalue weighted by molar-refractivity contribution is 0.0928. The fourth-order valence-electron chi connectivity index (χ4n) is 1.11. The summed E-state index contributed by atoms with van der Waals surface area (Å²) in [4.78, 5) is 11.2. The van der Waals surface area contributed by atoms with Crippen molar-refractivity contribution in [2.45, 2.75) is 0 Å². The topological polar surface area (TPSA) is 47.8 Å². The highest BCUT2D eigenvalue weighted by molar-refractivity contribution is 6.27. The Morgan fingerprint density at radius 3 is 3.00 bits per heavy atom. The highest BCUT2D eigenvalue weighted by Crippen LogP contribution is 2.09. The third-order valence-corrected chi connectivity index (χ3v) is 1.93. The average Bonchev–Trinajstić information content (AvgIpc) is 2.60. The van der Waals surface area contributed by atoms with E-state index in [1.54, 1.807) is 12.1 Å². The first-order valence-electron chi connectivity index (χ1n) is 3.72. The molecule has 1 heterocycles. The number of benzene rings is 1. The van der Waals surface area contributed by atoms with Gasteiger partial charge in [0.25, 0.3) is 5.91 Å². The molecular weight excluding hydrogens is 190 g/mol. The molecule has 2 rings (SSSR count). The zero-order valence-corrected chi connectivity index (χ0v) is 7.40. The van der Waals surface area contributed by atoms with Gasteiger partial charge in [0, 0.05) is 0 Å². The number of carbonyl (C=O) groups excluding carboxylic acids is 1. The van der Waals surface area contributed by atoms with Gasteiger partial charge < -0.3 is 0 Å². The zero-order valence-electron chi connectivity index (χ0n) is 6.64. The van der Waals surface area contributed by atoms with E-state index in [1.165, 1.54) is 4.68 Å². The molecule has 0 fully saturated rings. The molecule has 13 heavy (non-hydrogen) atoms. The van der Waals surface area contributed by atoms with E-state index in [9.17, 15) is 4.79 Å². The first-order valence-corrected chi connectivity index (χ1v) is 4.26. The number of fused-ring (bicyclic) bond motifs is 1. The van der Waals surface area contributed by atoms with Crippen molar-refractivity contribution in [3.05, 3.63) is 24.3 Å². The van der Waals surface area contributed by atoms with Gasteiger partial charge in [0.1, 0.15) is 11.4 Å². The van der Waals surface area contributed by atoms with Crippen LogP contribution >= 0.6 is 11.6 Å². The maximum atomic E-state index is 11.2. The van der Waals surface area contributed by atoms with Crippen molar-refractivity contribution in [2.75, 3.05) is 5.88 Å². The van der Waals surface area contributed by atoms with Crippen molar-refractivity contribution in [1.82, 2.24) is 15.0 Å². The minimum absolute atomic E-state index is 0.0899. The van der Waals surface area contributed by atoms with E-state index in [4.69, 9.17) is 11.6 Å². The van der Waals surface area contributed by atoms with E-state index in [0.717, 1.165) is 0 Å². The lowest BCUT2D eigenvalue weighted by atomic mass is 10.3. The lowest BCUT2D eigenvalue weighted by Crippen LogP contribution is -2.13. The number of hydrogen-bond acceptors (Lipinski definition) is 3. The Morgan fingerprint density at radius 1 is 1.46 bits per heavy atom. The van der Waals surface area contributed by atoms with Gasteiger partial charge in [0.2, 0.25) is 0 Å². The first kappa shape index (κ1) is 8.19. The first-order chi connectivity index (χ1) is 6.33. The zero-order chi connectivity index (χ0) is 9.26. The van der Waals surface area contributed by atoms with Gasteiger partial charge >= 0.3 is 0 Å². The molecule has 0 atom stereocenters. The van der Waals surface area contributed by atoms with Crippen LogP contribution in [-0.4, -0.2) is 26.8 Å². The Kier molecular flexibility index (Phi) is 1.98. The van der Waals surface area contributed by atoms with Crippen LogP contribution in [0, 0.1) is 0 Å². The molecule has 0 amide bonds. The van der Waals surface area contributed by atoms with Crippen molar-refractivity contribution in [2.24, 2.45) is 0 Å². The molecule has 0 N–H and O–H groups in total. The second kappa shape index (κ2) is 3.14. The van der Waals surface area contributed by atoms with Crippen molar-refractivity contribution in [3.8, 4) is 0 Å². The van der Waals surface area contributed by atoms with E-state index < -0.39 is 0 Å². The van der Waals surface area contributed by atoms with Gasteiger partial charge in [0.15, 0.2) is 0 Å². The van der Waals surface area contributed by atoms with E-state index >= 15 is 0 Å². The van der Waals surface area contributed by atoms with Gasteiger partial charge in [-0.3, -0.25) is 4.79 Å². The van der Waals surface area contributed by atoms with Gasteiger partial charge in [-0.1, -0.05) is 17.3 Å². The molecule has 66 valence electrons. The Balaban J connectivity index is 2.64. The van der Waals surface area contributed by atoms with E-state index in [1.807, 2.05) is 12.1 Å². The standard InChI is InChI=1S/C8H6ClN3O/c9-5-8(13)12-7-4-2-1-3-6(7)10-11-12/h1-4H,5H2. The van der Waals surface area contributed by atoms with E-state index in [2.05, 4.69) is 10.3 Å². The second-order valence-electron chi connectivity index (χ2n) is 2.52. The summed E-state index contributed by atoms with van der Waals surface area (Å²) in [6.07, 6.45) is 0. The molecule has 0 saturated heterocycles. The van der Waals surface area contributed by atoms with Gasteiger partial charge in [-0.25, -0.2) is 0 Å². The molecule has 0 saturated carbocycles. The van der Waals surface area contributed by atoms with Gasteiger partial charge in [0.05, 0.1) is 5.52 Å². The number of hydrogen-bond donors (Lipinski definition) is 0. The number of para-hydroxylation sites is 1. The van der Waals surface area contributed by atoms with Crippen LogP contribution in [-0.2, 0) is 0 Å². The fourth-order valence-corrected chi connectivity index (χ4v) is 1.22. The van der Waals surface area contributed by atoms with Crippen LogP contribution in [0.5, 0.6) is 0 Å². The third-order valence-electron chi connectivity index (χ3n) is 1.70. The molecule has 5 heteroatoms. The summed E-state index contributed by atoms with van der Waals surface area (Å²) >= 11 is 5.41. The highest BCUT2D eigenvalue weighted by Gasteiger charge is 2.08. The monoisotopic (exact) mass is 195 g/mol. The molecule has 1 aromatic carbocycles. The van der Waals surface area contributed by atoms with E-state index in [0.29, 0.717) is 11.0 Å². The molecule has 0 radical (unpaired) electrons. The van der Waals surface area contributed by atoms with Crippen LogP contribution in [0.2, 0.25) is 0 Å². The maximum Gasteiger partial charge on any atom is 0.263 e. The largest absolute Gasteiger partial charge is 0.271 e. The normalized spacial score (nSPS) is 10.5. The molecule has 0 bridgehead atoms. The second-order valence-corrected chi connectivity index (χ2v) is 2.78. The van der Waals surface area contributed by atoms with Crippen LogP contribution in [0.1, 0.15) is 4.79 Å². The van der Waals surface area contributed by atoms with Crippen LogP contribution in [0.4, 0.5) is 0 Å². The summed E-state index contributed by atoms with van der Waals surface area (Å²) in [6, 6.07) is 7.23. The summed E-state index contributed by atoms with van der Waals surface area (Å²) in [7, 11) is 0. The van der Waals surface area contributed by atoms with Gasteiger partial charge in [-0.05, 0) is 12.1 Å². The molecule has 2 aromatic rings. The predicted molar refractivity (Wildman–Crippen MR) is 48.9 cm³/mol.